The molecule has 0 unspecified atom stereocenters. The monoisotopic (exact) mass is 662 g/mol. The molecule has 0 radical (unpaired) electrons. The molecule has 0 bridgehead atoms. The lowest BCUT2D eigenvalue weighted by atomic mass is 9.99. The summed E-state index contributed by atoms with van der Waals surface area (Å²) in [7, 11) is 1.46. The number of amides is 4. The fourth-order valence-corrected chi connectivity index (χ4v) is 5.83. The van der Waals surface area contributed by atoms with Gasteiger partial charge in [0.25, 0.3) is 11.8 Å². The second kappa shape index (κ2) is 13.9. The van der Waals surface area contributed by atoms with E-state index >= 15 is 0 Å². The molecule has 1 aliphatic heterocycles. The smallest absolute Gasteiger partial charge is 0.410 e. The van der Waals surface area contributed by atoms with Crippen molar-refractivity contribution < 1.29 is 28.7 Å². The predicted octanol–water partition coefficient (Wildman–Crippen LogP) is 6.28. The van der Waals surface area contributed by atoms with Gasteiger partial charge in [-0.15, -0.1) is 0 Å². The maximum Gasteiger partial charge on any atom is 0.410 e. The van der Waals surface area contributed by atoms with Crippen molar-refractivity contribution in [3.63, 3.8) is 0 Å². The molecule has 0 aliphatic carbocycles. The molecule has 1 aliphatic rings. The van der Waals surface area contributed by atoms with Crippen LogP contribution in [0.5, 0.6) is 0 Å². The molecule has 0 saturated carbocycles. The van der Waals surface area contributed by atoms with Gasteiger partial charge in [-0.05, 0) is 87.7 Å². The normalized spacial score (nSPS) is 15.2. The van der Waals surface area contributed by atoms with Crippen molar-refractivity contribution in [2.24, 2.45) is 0 Å². The summed E-state index contributed by atoms with van der Waals surface area (Å²) in [6.07, 6.45) is -0.686. The van der Waals surface area contributed by atoms with Gasteiger partial charge in [-0.3, -0.25) is 24.1 Å². The van der Waals surface area contributed by atoms with Crippen molar-refractivity contribution in [2.75, 3.05) is 23.4 Å². The van der Waals surface area contributed by atoms with Gasteiger partial charge < -0.3 is 19.9 Å². The number of likely N-dealkylation sites (N-methyl/N-ethyl adjacent to an activating group) is 1. The van der Waals surface area contributed by atoms with E-state index in [1.807, 2.05) is 43.3 Å². The minimum absolute atomic E-state index is 0.127. The number of para-hydroxylation sites is 2. The first kappa shape index (κ1) is 34.8. The van der Waals surface area contributed by atoms with Crippen molar-refractivity contribution in [1.29, 1.82) is 0 Å². The number of hydrogen-bond donors (Lipinski definition) is 1. The first-order valence-electron chi connectivity index (χ1n) is 16.2. The molecule has 254 valence electrons. The Morgan fingerprint density at radius 2 is 1.51 bits per heavy atom. The summed E-state index contributed by atoms with van der Waals surface area (Å²) >= 11 is 0. The number of fused-ring (bicyclic) bond motifs is 2. The van der Waals surface area contributed by atoms with Crippen LogP contribution in [0.15, 0.2) is 84.9 Å². The summed E-state index contributed by atoms with van der Waals surface area (Å²) in [5.41, 5.74) is 2.92. The Morgan fingerprint density at radius 1 is 0.898 bits per heavy atom. The molecule has 0 saturated heterocycles. The fourth-order valence-electron chi connectivity index (χ4n) is 5.83. The van der Waals surface area contributed by atoms with Crippen molar-refractivity contribution in [3.8, 4) is 0 Å². The Hall–Kier alpha value is -5.51. The third-order valence-electron chi connectivity index (χ3n) is 8.73. The van der Waals surface area contributed by atoms with E-state index < -0.39 is 41.5 Å². The first-order chi connectivity index (χ1) is 23.2. The molecular weight excluding hydrogens is 620 g/mol. The third kappa shape index (κ3) is 7.48. The summed E-state index contributed by atoms with van der Waals surface area (Å²) < 4.78 is 5.45. The van der Waals surface area contributed by atoms with E-state index in [-0.39, 0.29) is 18.9 Å². The van der Waals surface area contributed by atoms with E-state index in [0.29, 0.717) is 22.5 Å². The molecule has 4 aromatic rings. The zero-order valence-corrected chi connectivity index (χ0v) is 28.9. The van der Waals surface area contributed by atoms with E-state index in [1.165, 1.54) is 23.8 Å². The van der Waals surface area contributed by atoms with Crippen LogP contribution < -0.4 is 15.1 Å². The maximum absolute atomic E-state index is 14.7. The predicted molar refractivity (Wildman–Crippen MR) is 190 cm³/mol. The average molecular weight is 663 g/mol. The van der Waals surface area contributed by atoms with Crippen LogP contribution in [0.25, 0.3) is 10.8 Å². The number of aryl methyl sites for hydroxylation is 1. The molecule has 49 heavy (non-hydrogen) atoms. The lowest BCUT2D eigenvalue weighted by Crippen LogP contribution is -2.57. The largest absolute Gasteiger partial charge is 0.444 e. The topological polar surface area (TPSA) is 116 Å². The first-order valence-corrected chi connectivity index (χ1v) is 16.2. The van der Waals surface area contributed by atoms with Gasteiger partial charge in [0.15, 0.2) is 5.78 Å². The molecule has 1 heterocycles. The molecule has 10 heteroatoms. The number of anilines is 2. The van der Waals surface area contributed by atoms with Gasteiger partial charge in [0.1, 0.15) is 17.7 Å². The minimum Gasteiger partial charge on any atom is -0.444 e. The number of carbonyl (C=O) groups is 5. The summed E-state index contributed by atoms with van der Waals surface area (Å²) in [4.78, 5) is 71.6. The average Bonchev–Trinajstić information content (AvgIpc) is 3.18. The number of carbonyl (C=O) groups excluding carboxylic acids is 5. The number of hydrogen-bond acceptors (Lipinski definition) is 6. The number of nitrogens with one attached hydrogen (secondary N) is 1. The number of Topliss-reactive ketones (excluding diaryl/α,β-unsaturated/α-hetero) is 1. The molecule has 4 amide bonds. The van der Waals surface area contributed by atoms with Gasteiger partial charge in [0.05, 0.1) is 24.5 Å². The van der Waals surface area contributed by atoms with Crippen LogP contribution in [0.4, 0.5) is 16.2 Å². The highest BCUT2D eigenvalue weighted by molar-refractivity contribution is 6.13. The molecule has 4 aromatic carbocycles. The summed E-state index contributed by atoms with van der Waals surface area (Å²) in [5, 5.41) is 4.86. The van der Waals surface area contributed by atoms with Gasteiger partial charge in [-0.1, -0.05) is 60.7 Å². The van der Waals surface area contributed by atoms with Crippen molar-refractivity contribution in [3.05, 3.63) is 107 Å². The number of ether oxygens (including phenoxy) is 1. The fraction of sp³-hybridized carbons (Fsp3) is 0.308. The SMILES string of the molecule is CC(=O)c1ccc(C(=O)N2C[C@H](NC(=O)[C@@H](C)N(C)C(=O)OC(C)(C)C)C(=O)N(Cc3c(C)ccc4ccccc34)c3ccccc32)cc1. The minimum atomic E-state index is -1.18. The van der Waals surface area contributed by atoms with Crippen molar-refractivity contribution in [1.82, 2.24) is 10.2 Å². The van der Waals surface area contributed by atoms with E-state index in [2.05, 4.69) is 5.32 Å². The van der Waals surface area contributed by atoms with Crippen LogP contribution in [0.2, 0.25) is 0 Å². The highest BCUT2D eigenvalue weighted by Gasteiger charge is 2.39. The second-order valence-corrected chi connectivity index (χ2v) is 13.4. The van der Waals surface area contributed by atoms with Crippen molar-refractivity contribution >= 4 is 51.7 Å². The number of rotatable bonds is 7. The highest BCUT2D eigenvalue weighted by atomic mass is 16.6. The van der Waals surface area contributed by atoms with Crippen LogP contribution in [-0.2, 0) is 20.9 Å². The molecule has 0 spiro atoms. The van der Waals surface area contributed by atoms with Gasteiger partial charge >= 0.3 is 6.09 Å². The van der Waals surface area contributed by atoms with Crippen LogP contribution in [-0.4, -0.2) is 65.8 Å². The third-order valence-corrected chi connectivity index (χ3v) is 8.73. The Labute approximate surface area is 286 Å². The molecule has 0 aromatic heterocycles. The Kier molecular flexibility index (Phi) is 9.89. The Morgan fingerprint density at radius 3 is 2.16 bits per heavy atom. The van der Waals surface area contributed by atoms with Crippen LogP contribution in [0.1, 0.15) is 66.5 Å². The lowest BCUT2D eigenvalue weighted by molar-refractivity contribution is -0.130. The lowest BCUT2D eigenvalue weighted by Gasteiger charge is -2.30. The van der Waals surface area contributed by atoms with Crippen molar-refractivity contribution in [2.45, 2.75) is 65.8 Å². The number of ketones is 1. The maximum atomic E-state index is 14.7. The number of nitrogens with zero attached hydrogens (tertiary/aromatic N) is 3. The van der Waals surface area contributed by atoms with E-state index in [4.69, 9.17) is 4.74 Å². The van der Waals surface area contributed by atoms with E-state index in [9.17, 15) is 24.0 Å². The van der Waals surface area contributed by atoms with Gasteiger partial charge in [-0.25, -0.2) is 4.79 Å². The molecule has 10 nitrogen and oxygen atoms in total. The highest BCUT2D eigenvalue weighted by Crippen LogP contribution is 2.36. The van der Waals surface area contributed by atoms with Crippen LogP contribution in [0.3, 0.4) is 0 Å². The molecule has 1 N–H and O–H groups in total. The summed E-state index contributed by atoms with van der Waals surface area (Å²) in [6, 6.07) is 23.3. The zero-order chi connectivity index (χ0) is 35.6. The Balaban J connectivity index is 1.57. The summed E-state index contributed by atoms with van der Waals surface area (Å²) in [5.74, 6) is -1.53. The standard InChI is InChI=1S/C39H42N4O6/c1-24-16-17-28-12-8-9-13-30(28)31(24)22-42-33-14-10-11-15-34(33)43(36(46)29-20-18-27(19-21-29)26(3)44)23-32(37(42)47)40-35(45)25(2)41(7)38(48)49-39(4,5)6/h8-21,25,32H,22-23H2,1-7H3,(H,40,45)/t25-,32+/m1/s1. The zero-order valence-electron chi connectivity index (χ0n) is 28.9. The van der Waals surface area contributed by atoms with Crippen LogP contribution >= 0.6 is 0 Å². The quantitative estimate of drug-likeness (QED) is 0.233. The Bertz CT molecular complexity index is 1930. The molecular formula is C39H42N4O6. The number of benzene rings is 4. The molecule has 2 atom stereocenters. The van der Waals surface area contributed by atoms with E-state index in [0.717, 1.165) is 21.9 Å². The molecule has 0 fully saturated rings. The summed E-state index contributed by atoms with van der Waals surface area (Å²) in [6.45, 7) is 10.2. The van der Waals surface area contributed by atoms with Crippen LogP contribution in [0, 0.1) is 6.92 Å². The van der Waals surface area contributed by atoms with E-state index in [1.54, 1.807) is 81.1 Å². The second-order valence-electron chi connectivity index (χ2n) is 13.4. The van der Waals surface area contributed by atoms with Gasteiger partial charge in [0.2, 0.25) is 5.91 Å². The van der Waals surface area contributed by atoms with Gasteiger partial charge in [-0.2, -0.15) is 0 Å². The van der Waals surface area contributed by atoms with Gasteiger partial charge in [0, 0.05) is 18.2 Å². The molecule has 5 rings (SSSR count).